The lowest BCUT2D eigenvalue weighted by Gasteiger charge is -1.85. The van der Waals surface area contributed by atoms with Gasteiger partial charge in [-0.3, -0.25) is 0 Å². The zero-order chi connectivity index (χ0) is 8.91. The van der Waals surface area contributed by atoms with E-state index >= 15 is 0 Å². The number of hydrogen-bond acceptors (Lipinski definition) is 2. The van der Waals surface area contributed by atoms with Crippen LogP contribution in [0.4, 0.5) is 0 Å². The molecule has 2 nitrogen and oxygen atoms in total. The summed E-state index contributed by atoms with van der Waals surface area (Å²) in [5, 5.41) is 0. The minimum Gasteiger partial charge on any atom is -0.466 e. The second-order valence-electron chi connectivity index (χ2n) is 1.02. The van der Waals surface area contributed by atoms with Crippen LogP contribution >= 0.6 is 0 Å². The quantitative estimate of drug-likeness (QED) is 0.303. The molecule has 0 rings (SSSR count). The van der Waals surface area contributed by atoms with Gasteiger partial charge in [0.05, 0.1) is 11.2 Å². The van der Waals surface area contributed by atoms with E-state index in [-0.39, 0.29) is 0 Å². The van der Waals surface area contributed by atoms with E-state index in [1.54, 1.807) is 0 Å². The molecular weight excluding hydrogens is 104 g/mol. The van der Waals surface area contributed by atoms with Gasteiger partial charge in [0.15, 0.2) is 0 Å². The zero-order valence-corrected chi connectivity index (χ0v) is 4.26. The van der Waals surface area contributed by atoms with Crippen molar-refractivity contribution in [1.82, 2.24) is 0 Å². The average Bonchev–Trinajstić information content (AvgIpc) is 1.79. The summed E-state index contributed by atoms with van der Waals surface area (Å²) in [6.07, 6.45) is 3.63. The van der Waals surface area contributed by atoms with E-state index < -0.39 is 13.0 Å². The summed E-state index contributed by atoms with van der Waals surface area (Å²) in [5.41, 5.74) is 0. The van der Waals surface area contributed by atoms with Crippen LogP contribution in [-0.2, 0) is 9.53 Å². The normalized spacial score (nSPS) is 16.2. The van der Waals surface area contributed by atoms with E-state index in [1.807, 2.05) is 0 Å². The molecule has 0 amide bonds. The van der Waals surface area contributed by atoms with Crippen molar-refractivity contribution in [1.29, 1.82) is 0 Å². The van der Waals surface area contributed by atoms with Crippen LogP contribution in [0.25, 0.3) is 0 Å². The molecule has 0 spiro atoms. The first kappa shape index (κ1) is 3.07. The van der Waals surface area contributed by atoms with Crippen molar-refractivity contribution >= 4 is 5.97 Å². The highest BCUT2D eigenvalue weighted by Crippen LogP contribution is 1.76. The van der Waals surface area contributed by atoms with E-state index in [4.69, 9.17) is 4.11 Å². The van der Waals surface area contributed by atoms with Crippen LogP contribution in [0.15, 0.2) is 24.8 Å². The molecule has 0 saturated carbocycles. The Morgan fingerprint density at radius 3 is 3.25 bits per heavy atom. The molecular formula is C6H8O2. The molecule has 0 heterocycles. The molecule has 0 N–H and O–H groups in total. The van der Waals surface area contributed by atoms with Crippen molar-refractivity contribution in [2.24, 2.45) is 0 Å². The molecule has 0 saturated heterocycles. The van der Waals surface area contributed by atoms with Gasteiger partial charge in [0.25, 0.3) is 0 Å². The molecule has 0 aromatic heterocycles. The summed E-state index contributed by atoms with van der Waals surface area (Å²) < 4.78 is 23.6. The van der Waals surface area contributed by atoms with Crippen molar-refractivity contribution in [2.45, 2.75) is 0 Å². The number of ether oxygens (including phenoxy) is 1. The molecule has 0 aromatic carbocycles. The van der Waals surface area contributed by atoms with Crippen LogP contribution in [0.5, 0.6) is 0 Å². The van der Waals surface area contributed by atoms with Gasteiger partial charge in [-0.2, -0.15) is 0 Å². The largest absolute Gasteiger partial charge is 0.466 e. The molecule has 0 bridgehead atoms. The maximum absolute atomic E-state index is 10.5. The SMILES string of the molecule is [2H]C([2H])([2H])OC(=O)/C=C/C=C. The first-order valence-corrected chi connectivity index (χ1v) is 1.98. The molecule has 0 aliphatic carbocycles. The molecule has 0 atom stereocenters. The molecule has 0 aliphatic heterocycles. The van der Waals surface area contributed by atoms with Crippen molar-refractivity contribution in [3.63, 3.8) is 0 Å². The average molecular weight is 115 g/mol. The number of carbonyl (C=O) groups is 1. The highest BCUT2D eigenvalue weighted by molar-refractivity contribution is 5.81. The van der Waals surface area contributed by atoms with Crippen molar-refractivity contribution < 1.29 is 13.6 Å². The standard InChI is InChI=1S/C6H8O2/c1-3-4-5-6(7)8-2/h3-5H,1H2,2H3/b5-4+/i2D3. The lowest BCUT2D eigenvalue weighted by molar-refractivity contribution is -0.134. The van der Waals surface area contributed by atoms with E-state index in [0.29, 0.717) is 0 Å². The lowest BCUT2D eigenvalue weighted by atomic mass is 10.5. The Balaban J connectivity index is 3.89. The number of rotatable bonds is 2. The van der Waals surface area contributed by atoms with Crippen LogP contribution < -0.4 is 0 Å². The summed E-state index contributed by atoms with van der Waals surface area (Å²) in [7, 11) is -2.66. The monoisotopic (exact) mass is 115 g/mol. The Kier molecular flexibility index (Phi) is 1.58. The molecule has 0 fully saturated rings. The number of esters is 1. The van der Waals surface area contributed by atoms with Crippen LogP contribution in [-0.4, -0.2) is 13.0 Å². The maximum atomic E-state index is 10.5. The second kappa shape index (κ2) is 4.12. The highest BCUT2D eigenvalue weighted by atomic mass is 16.5. The Hall–Kier alpha value is -1.05. The zero-order valence-electron chi connectivity index (χ0n) is 7.26. The predicted octanol–water partition coefficient (Wildman–Crippen LogP) is 0.902. The minimum absolute atomic E-state index is 0.898. The van der Waals surface area contributed by atoms with Gasteiger partial charge in [-0.25, -0.2) is 4.79 Å². The second-order valence-corrected chi connectivity index (χ2v) is 1.02. The molecule has 0 aliphatic rings. The smallest absolute Gasteiger partial charge is 0.330 e. The molecule has 2 heteroatoms. The first-order chi connectivity index (χ1) is 4.95. The third-order valence-electron chi connectivity index (χ3n) is 0.469. The Labute approximate surface area is 52.7 Å². The van der Waals surface area contributed by atoms with Crippen LogP contribution in [0.3, 0.4) is 0 Å². The van der Waals surface area contributed by atoms with Gasteiger partial charge < -0.3 is 4.74 Å². The van der Waals surface area contributed by atoms with Gasteiger partial charge in [-0.05, 0) is 0 Å². The summed E-state index contributed by atoms with van der Waals surface area (Å²) in [6, 6.07) is 0. The topological polar surface area (TPSA) is 26.3 Å². The molecule has 0 unspecified atom stereocenters. The summed E-state index contributed by atoms with van der Waals surface area (Å²) in [6.45, 7) is 3.29. The molecule has 0 aromatic rings. The minimum atomic E-state index is -2.66. The predicted molar refractivity (Wildman–Crippen MR) is 31.4 cm³/mol. The maximum Gasteiger partial charge on any atom is 0.330 e. The number of hydrogen-bond donors (Lipinski definition) is 0. The van der Waals surface area contributed by atoms with Gasteiger partial charge >= 0.3 is 5.97 Å². The van der Waals surface area contributed by atoms with E-state index in [2.05, 4.69) is 11.3 Å². The lowest BCUT2D eigenvalue weighted by Crippen LogP contribution is -1.92. The van der Waals surface area contributed by atoms with Gasteiger partial charge in [0.2, 0.25) is 0 Å². The van der Waals surface area contributed by atoms with Gasteiger partial charge in [0.1, 0.15) is 0 Å². The van der Waals surface area contributed by atoms with Gasteiger partial charge in [-0.15, -0.1) is 0 Å². The van der Waals surface area contributed by atoms with Crippen LogP contribution in [0.2, 0.25) is 0 Å². The number of carbonyl (C=O) groups excluding carboxylic acids is 1. The fraction of sp³-hybridized carbons (Fsp3) is 0.167. The summed E-state index contributed by atoms with van der Waals surface area (Å²) in [5.74, 6) is -0.898. The van der Waals surface area contributed by atoms with Gasteiger partial charge in [0, 0.05) is 6.08 Å². The van der Waals surface area contributed by atoms with Crippen LogP contribution in [0, 0.1) is 0 Å². The highest BCUT2D eigenvalue weighted by Gasteiger charge is 1.85. The summed E-state index contributed by atoms with van der Waals surface area (Å²) in [4.78, 5) is 10.5. The molecule has 44 valence electrons. The van der Waals surface area contributed by atoms with Crippen molar-refractivity contribution in [2.75, 3.05) is 7.04 Å². The van der Waals surface area contributed by atoms with E-state index in [1.165, 1.54) is 12.2 Å². The fourth-order valence-corrected chi connectivity index (χ4v) is 0.181. The third-order valence-corrected chi connectivity index (χ3v) is 0.469. The van der Waals surface area contributed by atoms with Crippen molar-refractivity contribution in [3.8, 4) is 0 Å². The third kappa shape index (κ3) is 3.15. The fourth-order valence-electron chi connectivity index (χ4n) is 0.181. The Morgan fingerprint density at radius 1 is 2.00 bits per heavy atom. The number of allylic oxidation sites excluding steroid dienone is 2. The Morgan fingerprint density at radius 2 is 2.75 bits per heavy atom. The molecule has 0 radical (unpaired) electrons. The van der Waals surface area contributed by atoms with E-state index in [9.17, 15) is 4.79 Å². The van der Waals surface area contributed by atoms with Gasteiger partial charge in [-0.1, -0.05) is 18.7 Å². The van der Waals surface area contributed by atoms with E-state index in [0.717, 1.165) is 6.08 Å². The number of methoxy groups -OCH3 is 1. The Bertz CT molecular complexity index is 181. The first-order valence-electron chi connectivity index (χ1n) is 3.48. The molecule has 8 heavy (non-hydrogen) atoms. The van der Waals surface area contributed by atoms with Crippen LogP contribution in [0.1, 0.15) is 4.11 Å². The van der Waals surface area contributed by atoms with Crippen molar-refractivity contribution in [3.05, 3.63) is 24.8 Å². The summed E-state index contributed by atoms with van der Waals surface area (Å²) >= 11 is 0.